The van der Waals surface area contributed by atoms with Crippen LogP contribution in [0, 0.1) is 0 Å². The quantitative estimate of drug-likeness (QED) is 0.578. The van der Waals surface area contributed by atoms with E-state index < -0.39 is 9.84 Å². The highest BCUT2D eigenvalue weighted by Crippen LogP contribution is 1.98. The predicted octanol–water partition coefficient (Wildman–Crippen LogP) is 0.752. The maximum absolute atomic E-state index is 10.8. The van der Waals surface area contributed by atoms with E-state index in [2.05, 4.69) is 5.48 Å². The fraction of sp³-hybridized carbons (Fsp3) is 0.400. The molecular formula is C10H15NO3S. The van der Waals surface area contributed by atoms with Gasteiger partial charge < -0.3 is 0 Å². The van der Waals surface area contributed by atoms with Gasteiger partial charge in [0.1, 0.15) is 9.84 Å². The summed E-state index contributed by atoms with van der Waals surface area (Å²) in [7, 11) is -2.91. The number of hydroxylamine groups is 1. The van der Waals surface area contributed by atoms with Gasteiger partial charge in [-0.1, -0.05) is 30.3 Å². The minimum Gasteiger partial charge on any atom is -0.297 e. The van der Waals surface area contributed by atoms with Crippen molar-refractivity contribution >= 4 is 9.84 Å². The number of rotatable bonds is 6. The molecule has 0 aliphatic heterocycles. The third-order valence-corrected chi connectivity index (χ3v) is 2.70. The van der Waals surface area contributed by atoms with Gasteiger partial charge in [-0.05, 0) is 5.56 Å². The highest BCUT2D eigenvalue weighted by molar-refractivity contribution is 7.90. The highest BCUT2D eigenvalue weighted by atomic mass is 32.2. The van der Waals surface area contributed by atoms with Crippen molar-refractivity contribution in [3.05, 3.63) is 35.9 Å². The Morgan fingerprint density at radius 2 is 1.93 bits per heavy atom. The smallest absolute Gasteiger partial charge is 0.148 e. The Bertz CT molecular complexity index is 375. The summed E-state index contributed by atoms with van der Waals surface area (Å²) in [5.74, 6) is 0.0851. The summed E-state index contributed by atoms with van der Waals surface area (Å²) >= 11 is 0. The molecule has 0 heterocycles. The van der Waals surface area contributed by atoms with Crippen molar-refractivity contribution in [1.82, 2.24) is 5.48 Å². The van der Waals surface area contributed by atoms with Crippen LogP contribution in [0.3, 0.4) is 0 Å². The molecular weight excluding hydrogens is 214 g/mol. The Balaban J connectivity index is 2.13. The minimum atomic E-state index is -2.91. The molecule has 15 heavy (non-hydrogen) atoms. The Labute approximate surface area is 90.1 Å². The zero-order valence-corrected chi connectivity index (χ0v) is 9.46. The summed E-state index contributed by atoms with van der Waals surface area (Å²) < 4.78 is 21.5. The summed E-state index contributed by atoms with van der Waals surface area (Å²) in [6.45, 7) is 0.746. The normalized spacial score (nSPS) is 11.5. The molecule has 0 fully saturated rings. The summed E-state index contributed by atoms with van der Waals surface area (Å²) in [4.78, 5) is 5.10. The molecule has 0 spiro atoms. The Hall–Kier alpha value is -0.910. The molecule has 1 N–H and O–H groups in total. The molecule has 0 saturated heterocycles. The molecule has 0 saturated carbocycles. The molecule has 0 aliphatic rings. The fourth-order valence-electron chi connectivity index (χ4n) is 1.01. The molecule has 1 aromatic carbocycles. The molecule has 0 radical (unpaired) electrons. The van der Waals surface area contributed by atoms with Gasteiger partial charge in [0.15, 0.2) is 0 Å². The Kier molecular flexibility index (Phi) is 4.74. The zero-order valence-electron chi connectivity index (χ0n) is 8.64. The highest BCUT2D eigenvalue weighted by Gasteiger charge is 2.00. The van der Waals surface area contributed by atoms with Gasteiger partial charge in [-0.2, -0.15) is 0 Å². The van der Waals surface area contributed by atoms with Crippen LogP contribution < -0.4 is 5.48 Å². The average Bonchev–Trinajstić information content (AvgIpc) is 2.17. The monoisotopic (exact) mass is 229 g/mol. The van der Waals surface area contributed by atoms with Crippen LogP contribution in [0.5, 0.6) is 0 Å². The lowest BCUT2D eigenvalue weighted by molar-refractivity contribution is 0.0318. The largest absolute Gasteiger partial charge is 0.297 e. The van der Waals surface area contributed by atoms with E-state index in [4.69, 9.17) is 4.84 Å². The molecule has 1 aromatic rings. The molecule has 4 nitrogen and oxygen atoms in total. The van der Waals surface area contributed by atoms with Crippen molar-refractivity contribution in [1.29, 1.82) is 0 Å². The third-order valence-electron chi connectivity index (χ3n) is 1.76. The van der Waals surface area contributed by atoms with Gasteiger partial charge in [-0.3, -0.25) is 4.84 Å². The van der Waals surface area contributed by atoms with Crippen molar-refractivity contribution in [2.24, 2.45) is 0 Å². The summed E-state index contributed by atoms with van der Waals surface area (Å²) in [5, 5.41) is 0. The minimum absolute atomic E-state index is 0.0851. The van der Waals surface area contributed by atoms with Gasteiger partial charge in [0, 0.05) is 12.8 Å². The van der Waals surface area contributed by atoms with Crippen LogP contribution in [0.4, 0.5) is 0 Å². The lowest BCUT2D eigenvalue weighted by atomic mass is 10.2. The number of hydrogen-bond acceptors (Lipinski definition) is 4. The SMILES string of the molecule is CS(=O)(=O)CCNOCc1ccccc1. The predicted molar refractivity (Wildman–Crippen MR) is 58.9 cm³/mol. The van der Waals surface area contributed by atoms with Gasteiger partial charge in [-0.25, -0.2) is 13.9 Å². The van der Waals surface area contributed by atoms with E-state index in [9.17, 15) is 8.42 Å². The standard InChI is InChI=1S/C10H15NO3S/c1-15(12,13)8-7-11-14-9-10-5-3-2-4-6-10/h2-6,11H,7-9H2,1H3. The van der Waals surface area contributed by atoms with E-state index in [0.717, 1.165) is 5.56 Å². The second kappa shape index (κ2) is 5.85. The van der Waals surface area contributed by atoms with Crippen molar-refractivity contribution < 1.29 is 13.3 Å². The first-order valence-electron chi connectivity index (χ1n) is 4.64. The first kappa shape index (κ1) is 12.2. The van der Waals surface area contributed by atoms with Crippen LogP contribution >= 0.6 is 0 Å². The molecule has 0 atom stereocenters. The number of sulfone groups is 1. The molecule has 0 amide bonds. The molecule has 0 bridgehead atoms. The molecule has 0 aliphatic carbocycles. The Morgan fingerprint density at radius 3 is 2.53 bits per heavy atom. The number of hydrogen-bond donors (Lipinski definition) is 1. The van der Waals surface area contributed by atoms with Crippen LogP contribution in [0.15, 0.2) is 30.3 Å². The fourth-order valence-corrected chi connectivity index (χ4v) is 1.46. The van der Waals surface area contributed by atoms with E-state index in [-0.39, 0.29) is 5.75 Å². The van der Waals surface area contributed by atoms with Crippen LogP contribution in [-0.4, -0.2) is 27.0 Å². The van der Waals surface area contributed by atoms with Gasteiger partial charge in [0.05, 0.1) is 12.4 Å². The second-order valence-electron chi connectivity index (χ2n) is 3.30. The zero-order chi connectivity index (χ0) is 11.1. The summed E-state index contributed by atoms with van der Waals surface area (Å²) in [6, 6.07) is 9.67. The van der Waals surface area contributed by atoms with Crippen molar-refractivity contribution in [3.63, 3.8) is 0 Å². The van der Waals surface area contributed by atoms with Crippen LogP contribution in [0.25, 0.3) is 0 Å². The summed E-state index contributed by atoms with van der Waals surface area (Å²) in [5.41, 5.74) is 3.66. The number of benzene rings is 1. The van der Waals surface area contributed by atoms with Gasteiger partial charge in [-0.15, -0.1) is 0 Å². The van der Waals surface area contributed by atoms with Crippen LogP contribution in [-0.2, 0) is 21.3 Å². The van der Waals surface area contributed by atoms with Crippen LogP contribution in [0.1, 0.15) is 5.56 Å². The first-order valence-corrected chi connectivity index (χ1v) is 6.70. The van der Waals surface area contributed by atoms with E-state index in [1.54, 1.807) is 0 Å². The van der Waals surface area contributed by atoms with Crippen molar-refractivity contribution in [3.8, 4) is 0 Å². The molecule has 1 rings (SSSR count). The molecule has 0 unspecified atom stereocenters. The lowest BCUT2D eigenvalue weighted by Crippen LogP contribution is -2.22. The van der Waals surface area contributed by atoms with Crippen molar-refractivity contribution in [2.75, 3.05) is 18.6 Å². The first-order chi connectivity index (χ1) is 7.08. The lowest BCUT2D eigenvalue weighted by Gasteiger charge is -2.04. The molecule has 5 heteroatoms. The van der Waals surface area contributed by atoms with Gasteiger partial charge >= 0.3 is 0 Å². The summed E-state index contributed by atoms with van der Waals surface area (Å²) in [6.07, 6.45) is 1.20. The maximum atomic E-state index is 10.8. The van der Waals surface area contributed by atoms with E-state index in [1.807, 2.05) is 30.3 Å². The average molecular weight is 229 g/mol. The van der Waals surface area contributed by atoms with Crippen molar-refractivity contribution in [2.45, 2.75) is 6.61 Å². The second-order valence-corrected chi connectivity index (χ2v) is 5.56. The molecule has 0 aromatic heterocycles. The van der Waals surface area contributed by atoms with E-state index in [0.29, 0.717) is 13.2 Å². The number of nitrogens with one attached hydrogen (secondary N) is 1. The maximum Gasteiger partial charge on any atom is 0.148 e. The van der Waals surface area contributed by atoms with Crippen LogP contribution in [0.2, 0.25) is 0 Å². The van der Waals surface area contributed by atoms with Gasteiger partial charge in [0.25, 0.3) is 0 Å². The third kappa shape index (κ3) is 6.22. The molecule has 84 valence electrons. The topological polar surface area (TPSA) is 55.4 Å². The van der Waals surface area contributed by atoms with E-state index in [1.165, 1.54) is 6.26 Å². The Morgan fingerprint density at radius 1 is 1.27 bits per heavy atom. The van der Waals surface area contributed by atoms with Gasteiger partial charge in [0.2, 0.25) is 0 Å². The van der Waals surface area contributed by atoms with E-state index >= 15 is 0 Å².